The average Bonchev–Trinajstić information content (AvgIpc) is 1.80. The molecule has 0 aromatic carbocycles. The van der Waals surface area contributed by atoms with E-state index in [1.807, 2.05) is 6.08 Å². The maximum Gasteiger partial charge on any atom is 0.0792 e. The highest BCUT2D eigenvalue weighted by atomic mass is 16.3. The van der Waals surface area contributed by atoms with Crippen LogP contribution in [0.4, 0.5) is 0 Å². The van der Waals surface area contributed by atoms with Gasteiger partial charge in [-0.1, -0.05) is 24.3 Å². The number of fused-ring (bicyclic) bond motifs is 1. The van der Waals surface area contributed by atoms with Gasteiger partial charge in [0.05, 0.1) is 6.10 Å². The predicted molar refractivity (Wildman–Crippen MR) is 31.3 cm³/mol. The van der Waals surface area contributed by atoms with E-state index < -0.39 is 0 Å². The molecule has 42 valence electrons. The van der Waals surface area contributed by atoms with Gasteiger partial charge in [0.1, 0.15) is 0 Å². The lowest BCUT2D eigenvalue weighted by Gasteiger charge is -2.23. The van der Waals surface area contributed by atoms with Gasteiger partial charge in [-0.15, -0.1) is 0 Å². The first-order chi connectivity index (χ1) is 3.88. The van der Waals surface area contributed by atoms with E-state index in [0.717, 1.165) is 0 Å². The SMILES string of the molecule is O[C@H]1C=CC2C=CC21. The summed E-state index contributed by atoms with van der Waals surface area (Å²) in [5.41, 5.74) is 0. The fourth-order valence-electron chi connectivity index (χ4n) is 1.27. The fraction of sp³-hybridized carbons (Fsp3) is 0.429. The molecule has 0 radical (unpaired) electrons. The first-order valence-electron chi connectivity index (χ1n) is 2.92. The van der Waals surface area contributed by atoms with Gasteiger partial charge in [0.2, 0.25) is 0 Å². The number of aliphatic hydroxyl groups is 1. The van der Waals surface area contributed by atoms with Crippen molar-refractivity contribution < 1.29 is 5.11 Å². The fourth-order valence-corrected chi connectivity index (χ4v) is 1.27. The van der Waals surface area contributed by atoms with Crippen LogP contribution >= 0.6 is 0 Å². The highest BCUT2D eigenvalue weighted by molar-refractivity contribution is 5.26. The van der Waals surface area contributed by atoms with E-state index in [-0.39, 0.29) is 6.10 Å². The minimum absolute atomic E-state index is 0.190. The van der Waals surface area contributed by atoms with E-state index in [0.29, 0.717) is 11.8 Å². The molecule has 2 unspecified atom stereocenters. The summed E-state index contributed by atoms with van der Waals surface area (Å²) >= 11 is 0. The second kappa shape index (κ2) is 1.23. The molecule has 0 aliphatic heterocycles. The average molecular weight is 108 g/mol. The molecule has 2 aliphatic carbocycles. The number of allylic oxidation sites excluding steroid dienone is 2. The molecular formula is C7H8O. The molecule has 0 amide bonds. The molecule has 0 aromatic rings. The molecule has 0 aromatic heterocycles. The Bertz CT molecular complexity index is 158. The van der Waals surface area contributed by atoms with Gasteiger partial charge in [-0.25, -0.2) is 0 Å². The lowest BCUT2D eigenvalue weighted by molar-refractivity contribution is 0.168. The zero-order valence-electron chi connectivity index (χ0n) is 4.49. The van der Waals surface area contributed by atoms with Gasteiger partial charge >= 0.3 is 0 Å². The van der Waals surface area contributed by atoms with Crippen molar-refractivity contribution in [1.82, 2.24) is 0 Å². The summed E-state index contributed by atoms with van der Waals surface area (Å²) in [7, 11) is 0. The maximum atomic E-state index is 9.08. The molecule has 0 saturated heterocycles. The van der Waals surface area contributed by atoms with Crippen molar-refractivity contribution in [2.24, 2.45) is 11.8 Å². The Hall–Kier alpha value is -0.560. The highest BCUT2D eigenvalue weighted by Crippen LogP contribution is 2.35. The van der Waals surface area contributed by atoms with E-state index >= 15 is 0 Å². The van der Waals surface area contributed by atoms with Gasteiger partial charge in [-0.2, -0.15) is 0 Å². The third-order valence-corrected chi connectivity index (χ3v) is 1.92. The molecule has 2 aliphatic rings. The van der Waals surface area contributed by atoms with Crippen molar-refractivity contribution in [3.63, 3.8) is 0 Å². The topological polar surface area (TPSA) is 20.2 Å². The van der Waals surface area contributed by atoms with Crippen LogP contribution < -0.4 is 0 Å². The van der Waals surface area contributed by atoms with E-state index in [9.17, 15) is 0 Å². The number of rotatable bonds is 0. The Kier molecular flexibility index (Phi) is 0.667. The minimum Gasteiger partial charge on any atom is -0.388 e. The molecule has 0 heterocycles. The number of hydrogen-bond acceptors (Lipinski definition) is 1. The molecule has 2 rings (SSSR count). The lowest BCUT2D eigenvalue weighted by Crippen LogP contribution is -2.22. The molecule has 0 saturated carbocycles. The highest BCUT2D eigenvalue weighted by Gasteiger charge is 2.31. The van der Waals surface area contributed by atoms with Gasteiger partial charge in [0, 0.05) is 11.8 Å². The molecule has 1 N–H and O–H groups in total. The first kappa shape index (κ1) is 4.33. The van der Waals surface area contributed by atoms with Crippen LogP contribution in [0.15, 0.2) is 24.3 Å². The summed E-state index contributed by atoms with van der Waals surface area (Å²) in [5.74, 6) is 0.986. The Balaban J connectivity index is 2.26. The molecule has 3 atom stereocenters. The van der Waals surface area contributed by atoms with Crippen LogP contribution in [0, 0.1) is 11.8 Å². The monoisotopic (exact) mass is 108 g/mol. The minimum atomic E-state index is -0.190. The van der Waals surface area contributed by atoms with Crippen LogP contribution in [0.1, 0.15) is 0 Å². The van der Waals surface area contributed by atoms with Crippen molar-refractivity contribution >= 4 is 0 Å². The zero-order valence-corrected chi connectivity index (χ0v) is 4.49. The van der Waals surface area contributed by atoms with Gasteiger partial charge in [-0.3, -0.25) is 0 Å². The van der Waals surface area contributed by atoms with Crippen LogP contribution in [0.2, 0.25) is 0 Å². The van der Waals surface area contributed by atoms with Crippen LogP contribution in [0.3, 0.4) is 0 Å². The van der Waals surface area contributed by atoms with Crippen molar-refractivity contribution in [1.29, 1.82) is 0 Å². The second-order valence-electron chi connectivity index (χ2n) is 2.42. The summed E-state index contributed by atoms with van der Waals surface area (Å²) in [6.07, 6.45) is 7.93. The van der Waals surface area contributed by atoms with Crippen molar-refractivity contribution in [3.05, 3.63) is 24.3 Å². The molecule has 8 heavy (non-hydrogen) atoms. The predicted octanol–water partition coefficient (Wildman–Crippen LogP) is 0.719. The Morgan fingerprint density at radius 2 is 1.75 bits per heavy atom. The molecular weight excluding hydrogens is 100 g/mol. The summed E-state index contributed by atoms with van der Waals surface area (Å²) in [6.45, 7) is 0. The summed E-state index contributed by atoms with van der Waals surface area (Å²) in [5, 5.41) is 9.08. The summed E-state index contributed by atoms with van der Waals surface area (Å²) in [6, 6.07) is 0. The number of aliphatic hydroxyl groups excluding tert-OH is 1. The van der Waals surface area contributed by atoms with Crippen LogP contribution in [0.5, 0.6) is 0 Å². The van der Waals surface area contributed by atoms with E-state index in [4.69, 9.17) is 5.11 Å². The van der Waals surface area contributed by atoms with E-state index in [1.165, 1.54) is 0 Å². The smallest absolute Gasteiger partial charge is 0.0792 e. The summed E-state index contributed by atoms with van der Waals surface area (Å²) in [4.78, 5) is 0. The van der Waals surface area contributed by atoms with Gasteiger partial charge in [0.25, 0.3) is 0 Å². The summed E-state index contributed by atoms with van der Waals surface area (Å²) < 4.78 is 0. The standard InChI is InChI=1S/C7H8O/c8-7-4-2-5-1-3-6(5)7/h1-8H/t5?,6?,7-/m0/s1. The van der Waals surface area contributed by atoms with Crippen LogP contribution in [-0.4, -0.2) is 11.2 Å². The Morgan fingerprint density at radius 3 is 2.00 bits per heavy atom. The Morgan fingerprint density at radius 1 is 1.00 bits per heavy atom. The quantitative estimate of drug-likeness (QED) is 0.453. The third-order valence-electron chi connectivity index (χ3n) is 1.92. The lowest BCUT2D eigenvalue weighted by atomic mass is 9.84. The number of hydrogen-bond donors (Lipinski definition) is 1. The Labute approximate surface area is 48.3 Å². The van der Waals surface area contributed by atoms with Gasteiger partial charge in [-0.05, 0) is 0 Å². The van der Waals surface area contributed by atoms with Crippen molar-refractivity contribution in [2.75, 3.05) is 0 Å². The third kappa shape index (κ3) is 0.353. The van der Waals surface area contributed by atoms with Crippen LogP contribution in [0.25, 0.3) is 0 Å². The second-order valence-corrected chi connectivity index (χ2v) is 2.42. The molecule has 1 heteroatoms. The first-order valence-corrected chi connectivity index (χ1v) is 2.92. The zero-order chi connectivity index (χ0) is 5.56. The molecule has 0 spiro atoms. The van der Waals surface area contributed by atoms with Gasteiger partial charge in [0.15, 0.2) is 0 Å². The maximum absolute atomic E-state index is 9.08. The van der Waals surface area contributed by atoms with E-state index in [1.54, 1.807) is 0 Å². The largest absolute Gasteiger partial charge is 0.388 e. The normalized spacial score (nSPS) is 48.9. The van der Waals surface area contributed by atoms with Crippen LogP contribution in [-0.2, 0) is 0 Å². The van der Waals surface area contributed by atoms with Crippen molar-refractivity contribution in [3.8, 4) is 0 Å². The van der Waals surface area contributed by atoms with Crippen molar-refractivity contribution in [2.45, 2.75) is 6.10 Å². The molecule has 1 nitrogen and oxygen atoms in total. The molecule has 0 bridgehead atoms. The van der Waals surface area contributed by atoms with Gasteiger partial charge < -0.3 is 5.11 Å². The van der Waals surface area contributed by atoms with E-state index in [2.05, 4.69) is 18.2 Å². The molecule has 0 fully saturated rings.